The van der Waals surface area contributed by atoms with Gasteiger partial charge in [0, 0.05) is 6.20 Å². The average molecular weight is 295 g/mol. The number of carbonyl (C=O) groups is 1. The highest BCUT2D eigenvalue weighted by Gasteiger charge is 2.15. The number of hydrogen-bond donors (Lipinski definition) is 1. The molecular weight excluding hydrogens is 282 g/mol. The molecule has 0 radical (unpaired) electrons. The Kier molecular flexibility index (Phi) is 3.65. The van der Waals surface area contributed by atoms with E-state index in [0.29, 0.717) is 22.3 Å². The van der Waals surface area contributed by atoms with Crippen LogP contribution in [-0.2, 0) is 6.42 Å². The summed E-state index contributed by atoms with van der Waals surface area (Å²) in [5, 5.41) is 0. The number of methoxy groups -OCH3 is 1. The molecule has 0 aliphatic heterocycles. The molecule has 2 aromatic heterocycles. The lowest BCUT2D eigenvalue weighted by atomic mass is 10.1. The zero-order valence-corrected chi connectivity index (χ0v) is 11.9. The van der Waals surface area contributed by atoms with Crippen molar-refractivity contribution in [2.75, 3.05) is 7.11 Å². The van der Waals surface area contributed by atoms with Gasteiger partial charge in [0.2, 0.25) is 0 Å². The average Bonchev–Trinajstić information content (AvgIpc) is 2.55. The Hall–Kier alpha value is -3.02. The van der Waals surface area contributed by atoms with Crippen LogP contribution < -0.4 is 10.3 Å². The lowest BCUT2D eigenvalue weighted by Gasteiger charge is -2.07. The van der Waals surface area contributed by atoms with Gasteiger partial charge in [-0.2, -0.15) is 0 Å². The maximum Gasteiger partial charge on any atom is 0.270 e. The monoisotopic (exact) mass is 295 g/mol. The first kappa shape index (κ1) is 13.9. The summed E-state index contributed by atoms with van der Waals surface area (Å²) in [4.78, 5) is 35.3. The summed E-state index contributed by atoms with van der Waals surface area (Å²) in [7, 11) is 1.50. The molecule has 0 saturated heterocycles. The van der Waals surface area contributed by atoms with Crippen molar-refractivity contribution in [3.05, 3.63) is 64.3 Å². The molecule has 0 fully saturated rings. The number of rotatable bonds is 4. The van der Waals surface area contributed by atoms with Gasteiger partial charge in [-0.25, -0.2) is 4.98 Å². The van der Waals surface area contributed by atoms with Gasteiger partial charge in [-0.15, -0.1) is 0 Å². The summed E-state index contributed by atoms with van der Waals surface area (Å²) < 4.78 is 5.17. The number of aromatic nitrogens is 3. The Bertz CT molecular complexity index is 902. The van der Waals surface area contributed by atoms with Gasteiger partial charge in [0.05, 0.1) is 30.8 Å². The molecule has 110 valence electrons. The summed E-state index contributed by atoms with van der Waals surface area (Å²) in [5.41, 5.74) is 1.36. The number of hydrogen-bond acceptors (Lipinski definition) is 5. The van der Waals surface area contributed by atoms with E-state index in [4.69, 9.17) is 4.74 Å². The lowest BCUT2D eigenvalue weighted by Crippen LogP contribution is -2.19. The van der Waals surface area contributed by atoms with Gasteiger partial charge in [-0.3, -0.25) is 14.6 Å². The first-order chi connectivity index (χ1) is 10.7. The predicted octanol–water partition coefficient (Wildman–Crippen LogP) is 1.75. The Balaban J connectivity index is 1.97. The number of carbonyl (C=O) groups excluding carboxylic acids is 1. The Morgan fingerprint density at radius 1 is 1.27 bits per heavy atom. The van der Waals surface area contributed by atoms with E-state index in [-0.39, 0.29) is 23.5 Å². The van der Waals surface area contributed by atoms with Gasteiger partial charge < -0.3 is 9.72 Å². The van der Waals surface area contributed by atoms with Gasteiger partial charge in [0.1, 0.15) is 17.0 Å². The van der Waals surface area contributed by atoms with Gasteiger partial charge in [0.15, 0.2) is 5.78 Å². The van der Waals surface area contributed by atoms with Crippen LogP contribution >= 0.6 is 0 Å². The maximum atomic E-state index is 12.4. The third-order valence-electron chi connectivity index (χ3n) is 3.30. The number of fused-ring (bicyclic) bond motifs is 1. The van der Waals surface area contributed by atoms with Crippen LogP contribution in [0.4, 0.5) is 0 Å². The molecule has 0 aliphatic rings. The van der Waals surface area contributed by atoms with Crippen molar-refractivity contribution >= 4 is 16.8 Å². The lowest BCUT2D eigenvalue weighted by molar-refractivity contribution is 0.0988. The van der Waals surface area contributed by atoms with Crippen LogP contribution in [-0.4, -0.2) is 27.8 Å². The fourth-order valence-corrected chi connectivity index (χ4v) is 2.21. The van der Waals surface area contributed by atoms with Gasteiger partial charge in [-0.1, -0.05) is 12.1 Å². The third kappa shape index (κ3) is 2.58. The van der Waals surface area contributed by atoms with E-state index < -0.39 is 0 Å². The van der Waals surface area contributed by atoms with Crippen LogP contribution in [0, 0.1) is 0 Å². The quantitative estimate of drug-likeness (QED) is 0.741. The third-order valence-corrected chi connectivity index (χ3v) is 3.30. The molecule has 0 atom stereocenters. The summed E-state index contributed by atoms with van der Waals surface area (Å²) in [6, 6.07) is 8.56. The van der Waals surface area contributed by atoms with Crippen LogP contribution in [0.3, 0.4) is 0 Å². The number of para-hydroxylation sites is 1. The van der Waals surface area contributed by atoms with Crippen molar-refractivity contribution in [2.45, 2.75) is 6.42 Å². The number of ketones is 1. The first-order valence-corrected chi connectivity index (χ1v) is 6.68. The number of pyridine rings is 1. The van der Waals surface area contributed by atoms with Crippen molar-refractivity contribution < 1.29 is 9.53 Å². The molecule has 0 bridgehead atoms. The summed E-state index contributed by atoms with van der Waals surface area (Å²) in [6.07, 6.45) is 3.02. The standard InChI is InChI=1S/C16H13N3O3/c1-22-15-5-3-2-4-10(15)14(20)8-12-16(21)19-11-6-7-17-9-13(11)18-12/h2-7,9H,8H2,1H3,(H,19,21). The molecule has 0 saturated carbocycles. The van der Waals surface area contributed by atoms with E-state index in [1.165, 1.54) is 7.11 Å². The zero-order chi connectivity index (χ0) is 15.5. The van der Waals surface area contributed by atoms with Crippen LogP contribution in [0.5, 0.6) is 5.75 Å². The Morgan fingerprint density at radius 3 is 2.91 bits per heavy atom. The number of Topliss-reactive ketones (excluding diaryl/α,β-unsaturated/α-hetero) is 1. The molecule has 3 rings (SSSR count). The highest BCUT2D eigenvalue weighted by Crippen LogP contribution is 2.19. The smallest absolute Gasteiger partial charge is 0.270 e. The second-order valence-corrected chi connectivity index (χ2v) is 4.71. The van der Waals surface area contributed by atoms with Crippen LogP contribution in [0.25, 0.3) is 11.0 Å². The molecule has 1 aromatic carbocycles. The van der Waals surface area contributed by atoms with E-state index in [2.05, 4.69) is 15.0 Å². The van der Waals surface area contributed by atoms with Crippen molar-refractivity contribution in [1.29, 1.82) is 0 Å². The van der Waals surface area contributed by atoms with E-state index in [9.17, 15) is 9.59 Å². The van der Waals surface area contributed by atoms with Gasteiger partial charge >= 0.3 is 0 Å². The Morgan fingerprint density at radius 2 is 2.09 bits per heavy atom. The Labute approximate surface area is 125 Å². The van der Waals surface area contributed by atoms with Crippen molar-refractivity contribution in [2.24, 2.45) is 0 Å². The largest absolute Gasteiger partial charge is 0.496 e. The number of nitrogens with one attached hydrogen (secondary N) is 1. The predicted molar refractivity (Wildman–Crippen MR) is 81.2 cm³/mol. The number of nitrogens with zero attached hydrogens (tertiary/aromatic N) is 2. The second kappa shape index (κ2) is 5.77. The molecular formula is C16H13N3O3. The molecule has 3 aromatic rings. The fraction of sp³-hybridized carbons (Fsp3) is 0.125. The number of benzene rings is 1. The summed E-state index contributed by atoms with van der Waals surface area (Å²) in [6.45, 7) is 0. The molecule has 0 aliphatic carbocycles. The molecule has 2 heterocycles. The first-order valence-electron chi connectivity index (χ1n) is 6.68. The molecule has 22 heavy (non-hydrogen) atoms. The van der Waals surface area contributed by atoms with E-state index in [1.807, 2.05) is 0 Å². The van der Waals surface area contributed by atoms with Crippen molar-refractivity contribution in [1.82, 2.24) is 15.0 Å². The molecule has 6 nitrogen and oxygen atoms in total. The minimum atomic E-state index is -0.373. The number of H-pyrrole nitrogens is 1. The van der Waals surface area contributed by atoms with Gasteiger partial charge in [0.25, 0.3) is 5.56 Å². The SMILES string of the molecule is COc1ccccc1C(=O)Cc1nc2cnccc2[nH]c1=O. The van der Waals surface area contributed by atoms with E-state index >= 15 is 0 Å². The highest BCUT2D eigenvalue weighted by atomic mass is 16.5. The maximum absolute atomic E-state index is 12.4. The topological polar surface area (TPSA) is 84.9 Å². The van der Waals surface area contributed by atoms with E-state index in [0.717, 1.165) is 0 Å². The minimum absolute atomic E-state index is 0.0967. The molecule has 0 amide bonds. The second-order valence-electron chi connectivity index (χ2n) is 4.71. The normalized spacial score (nSPS) is 10.6. The fourth-order valence-electron chi connectivity index (χ4n) is 2.21. The van der Waals surface area contributed by atoms with Gasteiger partial charge in [-0.05, 0) is 18.2 Å². The van der Waals surface area contributed by atoms with E-state index in [1.54, 1.807) is 42.7 Å². The van der Waals surface area contributed by atoms with Crippen molar-refractivity contribution in [3.63, 3.8) is 0 Å². The molecule has 1 N–H and O–H groups in total. The van der Waals surface area contributed by atoms with Crippen LogP contribution in [0.2, 0.25) is 0 Å². The van der Waals surface area contributed by atoms with Crippen molar-refractivity contribution in [3.8, 4) is 5.75 Å². The van der Waals surface area contributed by atoms with Crippen LogP contribution in [0.1, 0.15) is 16.1 Å². The highest BCUT2D eigenvalue weighted by molar-refractivity contribution is 5.99. The summed E-state index contributed by atoms with van der Waals surface area (Å²) in [5.74, 6) is 0.255. The molecule has 0 spiro atoms. The number of ether oxygens (including phenoxy) is 1. The number of aromatic amines is 1. The summed E-state index contributed by atoms with van der Waals surface area (Å²) >= 11 is 0. The zero-order valence-electron chi connectivity index (χ0n) is 11.9. The van der Waals surface area contributed by atoms with Crippen LogP contribution in [0.15, 0.2) is 47.5 Å². The molecule has 0 unspecified atom stereocenters. The molecule has 6 heteroatoms. The minimum Gasteiger partial charge on any atom is -0.496 e.